The van der Waals surface area contributed by atoms with E-state index in [-0.39, 0.29) is 58.7 Å². The molecule has 1 N–H and O–H groups in total. The van der Waals surface area contributed by atoms with Crippen LogP contribution in [0.5, 0.6) is 5.88 Å². The summed E-state index contributed by atoms with van der Waals surface area (Å²) >= 11 is 5.76. The van der Waals surface area contributed by atoms with E-state index in [1.54, 1.807) is 10.6 Å². The molecule has 0 bridgehead atoms. The Morgan fingerprint density at radius 1 is 0.956 bits per heavy atom. The molecular weight excluding hydrogens is 618 g/mol. The number of aromatic nitrogens is 3. The number of benzene rings is 3. The molecule has 1 fully saturated rings. The van der Waals surface area contributed by atoms with Gasteiger partial charge >= 0.3 is 5.97 Å². The third-order valence-electron chi connectivity index (χ3n) is 7.60. The molecule has 3 heterocycles. The van der Waals surface area contributed by atoms with Gasteiger partial charge in [-0.2, -0.15) is 0 Å². The van der Waals surface area contributed by atoms with Crippen LogP contribution in [0.25, 0.3) is 22.3 Å². The van der Waals surface area contributed by atoms with E-state index in [9.17, 15) is 18.7 Å². The number of ether oxygens (including phenoxy) is 3. The second-order valence-corrected chi connectivity index (χ2v) is 10.8. The largest absolute Gasteiger partial charge is 0.478 e. The third kappa shape index (κ3) is 6.08. The summed E-state index contributed by atoms with van der Waals surface area (Å²) in [6.45, 7) is 0.161. The minimum absolute atomic E-state index is 0.0315. The fourth-order valence-electron chi connectivity index (χ4n) is 5.31. The van der Waals surface area contributed by atoms with Crippen molar-refractivity contribution in [1.29, 1.82) is 0 Å². The van der Waals surface area contributed by atoms with Crippen LogP contribution in [-0.4, -0.2) is 52.0 Å². The molecule has 0 aliphatic carbocycles. The molecule has 0 saturated carbocycles. The Balaban J connectivity index is 1.32. The molecule has 1 saturated heterocycles. The number of nitrogens with zero attached hydrogens (tertiary/aromatic N) is 3. The fourth-order valence-corrected chi connectivity index (χ4v) is 5.47. The normalized spacial score (nSPS) is 16.4. The molecule has 5 aromatic rings. The lowest BCUT2D eigenvalue weighted by atomic mass is 10.0. The zero-order chi connectivity index (χ0) is 31.8. The Morgan fingerprint density at radius 3 is 2.51 bits per heavy atom. The Bertz CT molecular complexity index is 1940. The molecule has 1 aliphatic rings. The van der Waals surface area contributed by atoms with Gasteiger partial charge in [0.2, 0.25) is 0 Å². The number of fused-ring (bicyclic) bond motifs is 1. The fraction of sp³-hybridized carbons (Fsp3) is 0.219. The summed E-state index contributed by atoms with van der Waals surface area (Å²) in [5.74, 6) is -4.44. The van der Waals surface area contributed by atoms with E-state index in [4.69, 9.17) is 25.8 Å². The molecule has 3 aromatic carbocycles. The Kier molecular flexibility index (Phi) is 8.45. The number of carboxylic acid groups (broad SMARTS) is 1. The summed E-state index contributed by atoms with van der Waals surface area (Å²) in [6, 6.07) is 12.1. The van der Waals surface area contributed by atoms with Crippen molar-refractivity contribution in [2.24, 2.45) is 0 Å². The van der Waals surface area contributed by atoms with E-state index in [0.29, 0.717) is 23.5 Å². The number of hydrogen-bond acceptors (Lipinski definition) is 6. The van der Waals surface area contributed by atoms with Crippen LogP contribution in [0, 0.1) is 23.3 Å². The maximum absolute atomic E-state index is 15.6. The predicted octanol–water partition coefficient (Wildman–Crippen LogP) is 6.76. The van der Waals surface area contributed by atoms with E-state index >= 15 is 8.78 Å². The summed E-state index contributed by atoms with van der Waals surface area (Å²) in [5, 5.41) is 9.72. The van der Waals surface area contributed by atoms with Crippen molar-refractivity contribution in [2.45, 2.75) is 25.2 Å². The Hall–Kier alpha value is -4.52. The first-order valence-electron chi connectivity index (χ1n) is 13.7. The van der Waals surface area contributed by atoms with Crippen molar-refractivity contribution in [3.8, 4) is 17.1 Å². The number of carboxylic acids is 1. The second-order valence-electron chi connectivity index (χ2n) is 10.4. The first kappa shape index (κ1) is 30.5. The van der Waals surface area contributed by atoms with Gasteiger partial charge in [-0.1, -0.05) is 17.7 Å². The smallest absolute Gasteiger partial charge is 0.335 e. The Morgan fingerprint density at radius 2 is 1.76 bits per heavy atom. The molecule has 0 spiro atoms. The number of hydrogen-bond donors (Lipinski definition) is 1. The average Bonchev–Trinajstić information content (AvgIpc) is 3.62. The highest BCUT2D eigenvalue weighted by Gasteiger charge is 2.33. The quantitative estimate of drug-likeness (QED) is 0.178. The molecule has 2 aromatic heterocycles. The molecule has 0 radical (unpaired) electrons. The first-order chi connectivity index (χ1) is 21.6. The van der Waals surface area contributed by atoms with Crippen molar-refractivity contribution in [2.75, 3.05) is 20.3 Å². The molecule has 0 amide bonds. The van der Waals surface area contributed by atoms with Crippen LogP contribution in [0.2, 0.25) is 5.02 Å². The zero-order valence-electron chi connectivity index (χ0n) is 23.6. The maximum atomic E-state index is 15.6. The monoisotopic (exact) mass is 641 g/mol. The van der Waals surface area contributed by atoms with Gasteiger partial charge in [-0.15, -0.1) is 0 Å². The maximum Gasteiger partial charge on any atom is 0.335 e. The SMILES string of the molecule is CO[C@H]1COC[C@H]1n1c(Cc2cc(F)c(-c3ccc(F)c(OCc4ccc(Cl)cc4F)n3)cc2F)nc2ccc(C(=O)O)cc21. The van der Waals surface area contributed by atoms with E-state index in [1.165, 1.54) is 37.4 Å². The molecule has 2 atom stereocenters. The number of halogens is 5. The summed E-state index contributed by atoms with van der Waals surface area (Å²) in [5.41, 5.74) is 0.706. The van der Waals surface area contributed by atoms with Crippen LogP contribution in [-0.2, 0) is 22.5 Å². The van der Waals surface area contributed by atoms with Crippen LogP contribution in [0.1, 0.15) is 33.4 Å². The van der Waals surface area contributed by atoms with Crippen LogP contribution in [0.4, 0.5) is 17.6 Å². The number of pyridine rings is 1. The highest BCUT2D eigenvalue weighted by molar-refractivity contribution is 6.30. The van der Waals surface area contributed by atoms with Crippen molar-refractivity contribution < 1.29 is 41.7 Å². The molecular formula is C32H24ClF4N3O5. The molecule has 8 nitrogen and oxygen atoms in total. The average molecular weight is 642 g/mol. The molecule has 45 heavy (non-hydrogen) atoms. The molecule has 1 aliphatic heterocycles. The summed E-state index contributed by atoms with van der Waals surface area (Å²) < 4.78 is 78.0. The van der Waals surface area contributed by atoms with Crippen molar-refractivity contribution in [3.05, 3.63) is 111 Å². The number of imidazole rings is 1. The summed E-state index contributed by atoms with van der Waals surface area (Å²) in [4.78, 5) is 20.3. The van der Waals surface area contributed by atoms with Crippen LogP contribution in [0.3, 0.4) is 0 Å². The van der Waals surface area contributed by atoms with Crippen molar-refractivity contribution in [1.82, 2.24) is 14.5 Å². The zero-order valence-corrected chi connectivity index (χ0v) is 24.3. The number of methoxy groups -OCH3 is 1. The minimum Gasteiger partial charge on any atom is -0.478 e. The van der Waals surface area contributed by atoms with Crippen LogP contribution in [0.15, 0.2) is 60.7 Å². The van der Waals surface area contributed by atoms with Gasteiger partial charge in [-0.3, -0.25) is 0 Å². The van der Waals surface area contributed by atoms with Gasteiger partial charge < -0.3 is 23.9 Å². The lowest BCUT2D eigenvalue weighted by molar-refractivity contribution is 0.0687. The van der Waals surface area contributed by atoms with E-state index in [0.717, 1.165) is 24.3 Å². The minimum atomic E-state index is -1.12. The second kappa shape index (κ2) is 12.5. The standard InChI is InChI=1S/C32H24ClF4N3O5/c1-43-29-15-44-14-28(29)40-27-9-16(32(41)42)3-6-26(27)38-30(40)10-18-8-24(37)20(12-23(18)36)25-7-5-21(34)31(39-25)45-13-17-2-4-19(33)11-22(17)35/h2-9,11-12,28-29H,10,13-15H2,1H3,(H,41,42)/t28-,29+/m1/s1. The molecule has 13 heteroatoms. The van der Waals surface area contributed by atoms with Crippen molar-refractivity contribution >= 4 is 28.6 Å². The van der Waals surface area contributed by atoms with E-state index in [1.807, 2.05) is 0 Å². The molecule has 6 rings (SSSR count). The van der Waals surface area contributed by atoms with Crippen molar-refractivity contribution in [3.63, 3.8) is 0 Å². The number of carbonyl (C=O) groups is 1. The lowest BCUT2D eigenvalue weighted by Gasteiger charge is -2.21. The predicted molar refractivity (Wildman–Crippen MR) is 155 cm³/mol. The van der Waals surface area contributed by atoms with Gasteiger partial charge in [-0.25, -0.2) is 32.3 Å². The Labute approximate surface area is 258 Å². The summed E-state index contributed by atoms with van der Waals surface area (Å²) in [6.07, 6.45) is -0.527. The van der Waals surface area contributed by atoms with Crippen LogP contribution < -0.4 is 4.74 Å². The number of rotatable bonds is 9. The lowest BCUT2D eigenvalue weighted by Crippen LogP contribution is -2.26. The van der Waals surface area contributed by atoms with Gasteiger partial charge in [0, 0.05) is 29.7 Å². The van der Waals surface area contributed by atoms with E-state index in [2.05, 4.69) is 9.97 Å². The summed E-state index contributed by atoms with van der Waals surface area (Å²) in [7, 11) is 1.53. The number of aromatic carboxylic acids is 1. The van der Waals surface area contributed by atoms with Gasteiger partial charge in [0.1, 0.15) is 36.0 Å². The van der Waals surface area contributed by atoms with E-state index < -0.39 is 41.2 Å². The highest BCUT2D eigenvalue weighted by Crippen LogP contribution is 2.33. The molecule has 232 valence electrons. The van der Waals surface area contributed by atoms with Gasteiger partial charge in [-0.05, 0) is 60.2 Å². The van der Waals surface area contributed by atoms with Gasteiger partial charge in [0.15, 0.2) is 5.82 Å². The third-order valence-corrected chi connectivity index (χ3v) is 7.83. The van der Waals surface area contributed by atoms with Gasteiger partial charge in [0.05, 0.1) is 41.5 Å². The molecule has 0 unspecified atom stereocenters. The topological polar surface area (TPSA) is 95.7 Å². The van der Waals surface area contributed by atoms with Crippen LogP contribution >= 0.6 is 11.6 Å². The first-order valence-corrected chi connectivity index (χ1v) is 14.1. The highest BCUT2D eigenvalue weighted by atomic mass is 35.5. The van der Waals surface area contributed by atoms with Gasteiger partial charge in [0.25, 0.3) is 5.88 Å².